The number of para-hydroxylation sites is 1. The van der Waals surface area contributed by atoms with E-state index in [-0.39, 0.29) is 30.6 Å². The fourth-order valence-corrected chi connectivity index (χ4v) is 7.07. The zero-order chi connectivity index (χ0) is 27.6. The summed E-state index contributed by atoms with van der Waals surface area (Å²) < 4.78 is 0. The quantitative estimate of drug-likeness (QED) is 0.449. The van der Waals surface area contributed by atoms with Crippen molar-refractivity contribution in [2.24, 2.45) is 0 Å². The molecule has 0 unspecified atom stereocenters. The van der Waals surface area contributed by atoms with Crippen LogP contribution in [0, 0.1) is 0 Å². The summed E-state index contributed by atoms with van der Waals surface area (Å²) in [5.74, 6) is -1.70. The lowest BCUT2D eigenvalue weighted by Gasteiger charge is -2.47. The van der Waals surface area contributed by atoms with E-state index in [2.05, 4.69) is 0 Å². The van der Waals surface area contributed by atoms with Gasteiger partial charge in [0.2, 0.25) is 5.91 Å². The first-order valence-corrected chi connectivity index (χ1v) is 14.3. The molecule has 3 aliphatic rings. The lowest BCUT2D eigenvalue weighted by molar-refractivity contribution is -0.151. The Morgan fingerprint density at radius 2 is 1.30 bits per heavy atom. The molecule has 0 spiro atoms. The molecule has 0 aromatic heterocycles. The standard InChI is InChI=1S/C33H35N3O4/c37-31(29(23-12-4-1-5-13-23)24-14-6-2-7-15-24)36-27-20-21-28(36)30(32(38)39)34(22-27)33(40)35(26-18-10-11-19-26)25-16-8-3-9-17-25/h1-9,12-17,26-30H,10-11,18-22H2,(H,38,39)/t27-,28+,30-/m0/s1. The van der Waals surface area contributed by atoms with E-state index in [4.69, 9.17) is 0 Å². The predicted octanol–water partition coefficient (Wildman–Crippen LogP) is 5.52. The molecule has 1 aliphatic carbocycles. The van der Waals surface area contributed by atoms with Gasteiger partial charge in [-0.1, -0.05) is 91.7 Å². The number of amides is 3. The third-order valence-corrected chi connectivity index (χ3v) is 8.85. The molecule has 2 heterocycles. The Balaban J connectivity index is 1.34. The van der Waals surface area contributed by atoms with E-state index in [0.717, 1.165) is 42.5 Å². The van der Waals surface area contributed by atoms with Crippen molar-refractivity contribution in [1.29, 1.82) is 0 Å². The number of likely N-dealkylation sites (tertiary alicyclic amines) is 1. The number of rotatable bonds is 6. The van der Waals surface area contributed by atoms with E-state index in [1.807, 2.05) is 95.9 Å². The summed E-state index contributed by atoms with van der Waals surface area (Å²) in [5, 5.41) is 10.5. The summed E-state index contributed by atoms with van der Waals surface area (Å²) >= 11 is 0. The molecule has 6 rings (SSSR count). The molecule has 2 aliphatic heterocycles. The molecular weight excluding hydrogens is 502 g/mol. The van der Waals surface area contributed by atoms with Crippen LogP contribution in [0.5, 0.6) is 0 Å². The molecule has 2 bridgehead atoms. The summed E-state index contributed by atoms with van der Waals surface area (Å²) in [7, 11) is 0. The summed E-state index contributed by atoms with van der Waals surface area (Å²) in [6.45, 7) is 0.213. The summed E-state index contributed by atoms with van der Waals surface area (Å²) in [6.07, 6.45) is 5.14. The number of carbonyl (C=O) groups is 3. The molecule has 7 nitrogen and oxygen atoms in total. The highest BCUT2D eigenvalue weighted by Gasteiger charge is 2.54. The van der Waals surface area contributed by atoms with Gasteiger partial charge in [-0.05, 0) is 48.9 Å². The number of carbonyl (C=O) groups excluding carboxylic acids is 2. The topological polar surface area (TPSA) is 81.2 Å². The van der Waals surface area contributed by atoms with Crippen LogP contribution >= 0.6 is 0 Å². The molecule has 3 amide bonds. The van der Waals surface area contributed by atoms with Crippen LogP contribution in [-0.2, 0) is 9.59 Å². The van der Waals surface area contributed by atoms with Gasteiger partial charge in [-0.2, -0.15) is 0 Å². The predicted molar refractivity (Wildman–Crippen MR) is 153 cm³/mol. The highest BCUT2D eigenvalue weighted by molar-refractivity contribution is 5.96. The fourth-order valence-electron chi connectivity index (χ4n) is 7.07. The van der Waals surface area contributed by atoms with E-state index in [1.54, 1.807) is 9.80 Å². The first-order chi connectivity index (χ1) is 19.5. The van der Waals surface area contributed by atoms with Gasteiger partial charge in [0, 0.05) is 24.3 Å². The Labute approximate surface area is 235 Å². The van der Waals surface area contributed by atoms with Crippen molar-refractivity contribution in [2.75, 3.05) is 11.4 Å². The molecule has 3 aromatic carbocycles. The van der Waals surface area contributed by atoms with E-state index in [1.165, 1.54) is 0 Å². The first kappa shape index (κ1) is 26.1. The van der Waals surface area contributed by atoms with Gasteiger partial charge in [0.1, 0.15) is 0 Å². The maximum atomic E-state index is 14.4. The van der Waals surface area contributed by atoms with Crippen molar-refractivity contribution >= 4 is 23.6 Å². The number of hydrogen-bond acceptors (Lipinski definition) is 3. The molecular formula is C33H35N3O4. The maximum Gasteiger partial charge on any atom is 0.328 e. The van der Waals surface area contributed by atoms with Crippen LogP contribution in [0.1, 0.15) is 55.6 Å². The largest absolute Gasteiger partial charge is 0.480 e. The summed E-state index contributed by atoms with van der Waals surface area (Å²) in [4.78, 5) is 46.7. The van der Waals surface area contributed by atoms with Crippen molar-refractivity contribution in [1.82, 2.24) is 9.80 Å². The highest BCUT2D eigenvalue weighted by Crippen LogP contribution is 2.40. The minimum absolute atomic E-state index is 0.0437. The fraction of sp³-hybridized carbons (Fsp3) is 0.364. The monoisotopic (exact) mass is 537 g/mol. The second kappa shape index (κ2) is 11.2. The van der Waals surface area contributed by atoms with E-state index < -0.39 is 24.0 Å². The molecule has 1 saturated carbocycles. The highest BCUT2D eigenvalue weighted by atomic mass is 16.4. The first-order valence-electron chi connectivity index (χ1n) is 14.3. The number of nitrogens with zero attached hydrogens (tertiary/aromatic N) is 3. The number of anilines is 1. The normalized spacial score (nSPS) is 22.5. The third kappa shape index (κ3) is 4.74. The maximum absolute atomic E-state index is 14.4. The number of carboxylic acids is 1. The van der Waals surface area contributed by atoms with Crippen LogP contribution in [0.2, 0.25) is 0 Å². The average Bonchev–Trinajstić information content (AvgIpc) is 3.61. The van der Waals surface area contributed by atoms with Gasteiger partial charge < -0.3 is 14.9 Å². The zero-order valence-corrected chi connectivity index (χ0v) is 22.5. The minimum atomic E-state index is -1.10. The Morgan fingerprint density at radius 1 is 0.750 bits per heavy atom. The molecule has 3 aromatic rings. The molecule has 0 radical (unpaired) electrons. The van der Waals surface area contributed by atoms with E-state index in [0.29, 0.717) is 12.8 Å². The van der Waals surface area contributed by atoms with Crippen LogP contribution < -0.4 is 4.90 Å². The zero-order valence-electron chi connectivity index (χ0n) is 22.5. The molecule has 3 fully saturated rings. The number of urea groups is 1. The molecule has 7 heteroatoms. The minimum Gasteiger partial charge on any atom is -0.480 e. The van der Waals surface area contributed by atoms with Crippen LogP contribution in [0.15, 0.2) is 91.0 Å². The van der Waals surface area contributed by atoms with Gasteiger partial charge >= 0.3 is 12.0 Å². The summed E-state index contributed by atoms with van der Waals surface area (Å²) in [6, 6.07) is 26.8. The van der Waals surface area contributed by atoms with E-state index >= 15 is 0 Å². The van der Waals surface area contributed by atoms with Crippen molar-refractivity contribution in [3.05, 3.63) is 102 Å². The SMILES string of the molecule is O=C(O)[C@@H]1[C@H]2CC[C@@H](CN1C(=O)N(c1ccccc1)C1CCCC1)N2C(=O)C(c1ccccc1)c1ccccc1. The van der Waals surface area contributed by atoms with Crippen molar-refractivity contribution < 1.29 is 19.5 Å². The number of benzene rings is 3. The average molecular weight is 538 g/mol. The molecule has 1 N–H and O–H groups in total. The summed E-state index contributed by atoms with van der Waals surface area (Å²) in [5.41, 5.74) is 2.54. The van der Waals surface area contributed by atoms with Gasteiger partial charge in [0.25, 0.3) is 0 Å². The molecule has 206 valence electrons. The lowest BCUT2D eigenvalue weighted by atomic mass is 9.88. The van der Waals surface area contributed by atoms with Crippen LogP contribution in [0.25, 0.3) is 0 Å². The van der Waals surface area contributed by atoms with Crippen molar-refractivity contribution in [3.8, 4) is 0 Å². The van der Waals surface area contributed by atoms with Gasteiger partial charge in [0.05, 0.1) is 12.0 Å². The van der Waals surface area contributed by atoms with Crippen molar-refractivity contribution in [3.63, 3.8) is 0 Å². The molecule has 2 saturated heterocycles. The van der Waals surface area contributed by atoms with Crippen LogP contribution in [-0.4, -0.2) is 63.5 Å². The smallest absolute Gasteiger partial charge is 0.328 e. The Kier molecular flexibility index (Phi) is 7.29. The van der Waals surface area contributed by atoms with Gasteiger partial charge in [-0.3, -0.25) is 9.69 Å². The number of hydrogen-bond donors (Lipinski definition) is 1. The number of carboxylic acid groups (broad SMARTS) is 1. The molecule has 3 atom stereocenters. The lowest BCUT2D eigenvalue weighted by Crippen LogP contribution is -2.67. The Bertz CT molecular complexity index is 1300. The number of fused-ring (bicyclic) bond motifs is 2. The Morgan fingerprint density at radius 3 is 1.85 bits per heavy atom. The van der Waals surface area contributed by atoms with E-state index in [9.17, 15) is 19.5 Å². The second-order valence-electron chi connectivity index (χ2n) is 11.2. The second-order valence-corrected chi connectivity index (χ2v) is 11.2. The Hall–Kier alpha value is -4.13. The third-order valence-electron chi connectivity index (χ3n) is 8.85. The number of piperazine rings is 1. The van der Waals surface area contributed by atoms with Crippen LogP contribution in [0.4, 0.5) is 10.5 Å². The number of aliphatic carboxylic acids is 1. The van der Waals surface area contributed by atoms with Gasteiger partial charge in [-0.15, -0.1) is 0 Å². The van der Waals surface area contributed by atoms with Crippen LogP contribution in [0.3, 0.4) is 0 Å². The van der Waals surface area contributed by atoms with Gasteiger partial charge in [-0.25, -0.2) is 9.59 Å². The van der Waals surface area contributed by atoms with Gasteiger partial charge in [0.15, 0.2) is 6.04 Å². The molecule has 40 heavy (non-hydrogen) atoms. The van der Waals surface area contributed by atoms with Crippen molar-refractivity contribution in [2.45, 2.75) is 68.6 Å².